The molecule has 0 aromatic heterocycles. The minimum Gasteiger partial charge on any atom is -0.355 e. The van der Waals surface area contributed by atoms with Gasteiger partial charge in [0.1, 0.15) is 0 Å². The van der Waals surface area contributed by atoms with E-state index in [1.54, 1.807) is 29.2 Å². The molecule has 0 bridgehead atoms. The molecule has 8 heteroatoms. The summed E-state index contributed by atoms with van der Waals surface area (Å²) in [4.78, 5) is 26.1. The number of rotatable bonds is 5. The molecule has 1 aromatic rings. The van der Waals surface area contributed by atoms with Crippen molar-refractivity contribution in [2.24, 2.45) is 5.41 Å². The lowest BCUT2D eigenvalue weighted by molar-refractivity contribution is -0.132. The maximum Gasteiger partial charge on any atom is 0.243 e. The van der Waals surface area contributed by atoms with E-state index in [0.29, 0.717) is 13.1 Å². The Morgan fingerprint density at radius 3 is 2.11 bits per heavy atom. The highest BCUT2D eigenvalue weighted by atomic mass is 32.2. The number of piperazine rings is 1. The van der Waals surface area contributed by atoms with Gasteiger partial charge >= 0.3 is 0 Å². The van der Waals surface area contributed by atoms with E-state index in [1.807, 2.05) is 27.7 Å². The maximum atomic E-state index is 12.7. The number of hydrogen-bond acceptors (Lipinski definition) is 4. The van der Waals surface area contributed by atoms with Crippen LogP contribution >= 0.6 is 0 Å². The SMILES string of the molecule is Cc1ccc(S(=O)(=O)N2CCN(C(=O)CCNC(=O)C(C)(C)C)CC2)cc1. The Morgan fingerprint density at radius 1 is 1.04 bits per heavy atom. The van der Waals surface area contributed by atoms with Crippen LogP contribution in [-0.2, 0) is 19.6 Å². The molecule has 0 saturated carbocycles. The molecule has 1 aliphatic heterocycles. The Balaban J connectivity index is 1.85. The highest BCUT2D eigenvalue weighted by Gasteiger charge is 2.30. The maximum absolute atomic E-state index is 12.7. The molecule has 1 N–H and O–H groups in total. The first kappa shape index (κ1) is 21.4. The molecule has 0 radical (unpaired) electrons. The number of amides is 2. The van der Waals surface area contributed by atoms with Gasteiger partial charge in [-0.1, -0.05) is 38.5 Å². The first-order valence-corrected chi connectivity index (χ1v) is 10.6. The summed E-state index contributed by atoms with van der Waals surface area (Å²) in [6.45, 7) is 8.91. The number of benzene rings is 1. The molecule has 1 saturated heterocycles. The quantitative estimate of drug-likeness (QED) is 0.816. The normalized spacial score (nSPS) is 16.2. The van der Waals surface area contributed by atoms with Crippen LogP contribution in [-0.4, -0.2) is 62.2 Å². The van der Waals surface area contributed by atoms with E-state index in [4.69, 9.17) is 0 Å². The van der Waals surface area contributed by atoms with Gasteiger partial charge in [0.2, 0.25) is 21.8 Å². The summed E-state index contributed by atoms with van der Waals surface area (Å²) in [5, 5.41) is 2.76. The number of aryl methyl sites for hydroxylation is 1. The molecule has 7 nitrogen and oxygen atoms in total. The number of hydrogen-bond donors (Lipinski definition) is 1. The number of nitrogens with zero attached hydrogens (tertiary/aromatic N) is 2. The number of nitrogens with one attached hydrogen (secondary N) is 1. The van der Waals surface area contributed by atoms with Gasteiger partial charge in [-0.05, 0) is 19.1 Å². The van der Waals surface area contributed by atoms with Crippen molar-refractivity contribution in [3.8, 4) is 0 Å². The molecule has 2 amide bonds. The van der Waals surface area contributed by atoms with Gasteiger partial charge in [-0.3, -0.25) is 9.59 Å². The minimum atomic E-state index is -3.53. The van der Waals surface area contributed by atoms with Gasteiger partial charge in [0.05, 0.1) is 4.90 Å². The van der Waals surface area contributed by atoms with Crippen molar-refractivity contribution in [2.75, 3.05) is 32.7 Å². The van der Waals surface area contributed by atoms with Crippen LogP contribution in [0.1, 0.15) is 32.8 Å². The molecule has 1 aromatic carbocycles. The van der Waals surface area contributed by atoms with Crippen LogP contribution in [0.3, 0.4) is 0 Å². The number of carbonyl (C=O) groups excluding carboxylic acids is 2. The summed E-state index contributed by atoms with van der Waals surface area (Å²) >= 11 is 0. The van der Waals surface area contributed by atoms with Gasteiger partial charge in [0.15, 0.2) is 0 Å². The third-order valence-electron chi connectivity index (χ3n) is 4.56. The fraction of sp³-hybridized carbons (Fsp3) is 0.579. The van der Waals surface area contributed by atoms with Crippen molar-refractivity contribution in [2.45, 2.75) is 39.0 Å². The standard InChI is InChI=1S/C19H29N3O4S/c1-15-5-7-16(8-6-15)27(25,26)22-13-11-21(12-14-22)17(23)9-10-20-18(24)19(2,3)4/h5-8H,9-14H2,1-4H3,(H,20,24). The molecule has 0 spiro atoms. The molecule has 2 rings (SSSR count). The third-order valence-corrected chi connectivity index (χ3v) is 6.47. The zero-order chi connectivity index (χ0) is 20.2. The van der Waals surface area contributed by atoms with E-state index in [-0.39, 0.29) is 42.8 Å². The Kier molecular flexibility index (Phi) is 6.64. The zero-order valence-corrected chi connectivity index (χ0v) is 17.3. The van der Waals surface area contributed by atoms with Crippen LogP contribution in [0.2, 0.25) is 0 Å². The summed E-state index contributed by atoms with van der Waals surface area (Å²) in [6, 6.07) is 6.78. The van der Waals surface area contributed by atoms with Crippen molar-refractivity contribution in [1.82, 2.24) is 14.5 Å². The third kappa shape index (κ3) is 5.52. The van der Waals surface area contributed by atoms with Gasteiger partial charge in [-0.15, -0.1) is 0 Å². The largest absolute Gasteiger partial charge is 0.355 e. The smallest absolute Gasteiger partial charge is 0.243 e. The van der Waals surface area contributed by atoms with Crippen LogP contribution in [0.4, 0.5) is 0 Å². The highest BCUT2D eigenvalue weighted by molar-refractivity contribution is 7.89. The minimum absolute atomic E-state index is 0.0726. The zero-order valence-electron chi connectivity index (χ0n) is 16.5. The molecule has 0 unspecified atom stereocenters. The Bertz CT molecular complexity index is 774. The summed E-state index contributed by atoms with van der Waals surface area (Å²) in [6.07, 6.45) is 0.215. The lowest BCUT2D eigenvalue weighted by atomic mass is 9.96. The van der Waals surface area contributed by atoms with Crippen LogP contribution in [0, 0.1) is 12.3 Å². The highest BCUT2D eigenvalue weighted by Crippen LogP contribution is 2.18. The van der Waals surface area contributed by atoms with Gasteiger partial charge in [0, 0.05) is 44.6 Å². The summed E-state index contributed by atoms with van der Waals surface area (Å²) in [5.74, 6) is -0.166. The van der Waals surface area contributed by atoms with E-state index >= 15 is 0 Å². The summed E-state index contributed by atoms with van der Waals surface area (Å²) in [7, 11) is -3.53. The number of sulfonamides is 1. The van der Waals surface area contributed by atoms with E-state index in [9.17, 15) is 18.0 Å². The van der Waals surface area contributed by atoms with Crippen LogP contribution in [0.15, 0.2) is 29.2 Å². The monoisotopic (exact) mass is 395 g/mol. The topological polar surface area (TPSA) is 86.8 Å². The molecule has 1 fully saturated rings. The second-order valence-electron chi connectivity index (χ2n) is 7.85. The lowest BCUT2D eigenvalue weighted by Crippen LogP contribution is -2.51. The van der Waals surface area contributed by atoms with Crippen molar-refractivity contribution >= 4 is 21.8 Å². The molecule has 1 heterocycles. The van der Waals surface area contributed by atoms with Crippen LogP contribution in [0.25, 0.3) is 0 Å². The van der Waals surface area contributed by atoms with E-state index in [2.05, 4.69) is 5.32 Å². The summed E-state index contributed by atoms with van der Waals surface area (Å²) < 4.78 is 26.8. The molecule has 1 aliphatic rings. The Hall–Kier alpha value is -1.93. The fourth-order valence-corrected chi connectivity index (χ4v) is 4.17. The van der Waals surface area contributed by atoms with E-state index in [1.165, 1.54) is 4.31 Å². The van der Waals surface area contributed by atoms with Gasteiger partial charge in [-0.25, -0.2) is 8.42 Å². The van der Waals surface area contributed by atoms with E-state index < -0.39 is 15.4 Å². The molecular weight excluding hydrogens is 366 g/mol. The van der Waals surface area contributed by atoms with Crippen molar-refractivity contribution in [3.05, 3.63) is 29.8 Å². The number of carbonyl (C=O) groups is 2. The van der Waals surface area contributed by atoms with Crippen LogP contribution in [0.5, 0.6) is 0 Å². The second-order valence-corrected chi connectivity index (χ2v) is 9.79. The molecule has 27 heavy (non-hydrogen) atoms. The van der Waals surface area contributed by atoms with Crippen molar-refractivity contribution in [1.29, 1.82) is 0 Å². The van der Waals surface area contributed by atoms with Crippen molar-refractivity contribution < 1.29 is 18.0 Å². The molecular formula is C19H29N3O4S. The molecule has 0 atom stereocenters. The average Bonchev–Trinajstić information content (AvgIpc) is 2.61. The molecule has 150 valence electrons. The fourth-order valence-electron chi connectivity index (χ4n) is 2.74. The Morgan fingerprint density at radius 2 is 1.59 bits per heavy atom. The lowest BCUT2D eigenvalue weighted by Gasteiger charge is -2.34. The second kappa shape index (κ2) is 8.39. The first-order valence-electron chi connectivity index (χ1n) is 9.15. The predicted molar refractivity (Wildman–Crippen MR) is 104 cm³/mol. The van der Waals surface area contributed by atoms with Gasteiger partial charge in [0.25, 0.3) is 0 Å². The van der Waals surface area contributed by atoms with Gasteiger partial charge in [-0.2, -0.15) is 4.31 Å². The average molecular weight is 396 g/mol. The first-order chi connectivity index (χ1) is 12.5. The molecule has 0 aliphatic carbocycles. The van der Waals surface area contributed by atoms with E-state index in [0.717, 1.165) is 5.56 Å². The Labute approximate surface area is 161 Å². The van der Waals surface area contributed by atoms with Crippen molar-refractivity contribution in [3.63, 3.8) is 0 Å². The predicted octanol–water partition coefficient (Wildman–Crippen LogP) is 1.38. The van der Waals surface area contributed by atoms with Gasteiger partial charge < -0.3 is 10.2 Å². The van der Waals surface area contributed by atoms with Crippen LogP contribution < -0.4 is 5.32 Å². The summed E-state index contributed by atoms with van der Waals surface area (Å²) in [5.41, 5.74) is 0.516.